The molecule has 0 atom stereocenters. The number of hydrogen-bond donors (Lipinski definition) is 0. The monoisotopic (exact) mass is 191 g/mol. The molecule has 0 bridgehead atoms. The van der Waals surface area contributed by atoms with Gasteiger partial charge in [0.15, 0.2) is 0 Å². The van der Waals surface area contributed by atoms with Crippen LogP contribution in [0, 0.1) is 0 Å². The standard InChI is InChI=1S/C11H13NO2/c1-10(2)8-14-12-9-13-11-6-4-3-5-7-11/h3-7,9H,1,8H2,2H3/b12-9+. The molecule has 0 aliphatic heterocycles. The van der Waals surface area contributed by atoms with Crippen LogP contribution < -0.4 is 4.74 Å². The molecule has 1 aromatic rings. The molecule has 0 aliphatic rings. The highest BCUT2D eigenvalue weighted by Gasteiger charge is 1.86. The molecular formula is C11H13NO2. The number of hydrogen-bond acceptors (Lipinski definition) is 3. The largest absolute Gasteiger partial charge is 0.442 e. The Labute approximate surface area is 83.6 Å². The Morgan fingerprint density at radius 3 is 2.79 bits per heavy atom. The van der Waals surface area contributed by atoms with E-state index in [0.717, 1.165) is 11.3 Å². The zero-order valence-electron chi connectivity index (χ0n) is 8.14. The molecule has 0 fully saturated rings. The van der Waals surface area contributed by atoms with E-state index in [1.165, 1.54) is 6.40 Å². The minimum Gasteiger partial charge on any atom is -0.442 e. The summed E-state index contributed by atoms with van der Waals surface area (Å²) in [6.07, 6.45) is 1.26. The molecule has 0 saturated carbocycles. The first-order valence-electron chi connectivity index (χ1n) is 4.29. The highest BCUT2D eigenvalue weighted by molar-refractivity contribution is 5.50. The summed E-state index contributed by atoms with van der Waals surface area (Å²) in [5.74, 6) is 0.732. The van der Waals surface area contributed by atoms with Crippen LogP contribution in [-0.4, -0.2) is 13.0 Å². The van der Waals surface area contributed by atoms with Gasteiger partial charge in [0.05, 0.1) is 0 Å². The van der Waals surface area contributed by atoms with Gasteiger partial charge in [0.2, 0.25) is 6.40 Å². The lowest BCUT2D eigenvalue weighted by atomic mass is 10.3. The van der Waals surface area contributed by atoms with Crippen molar-refractivity contribution in [1.82, 2.24) is 0 Å². The summed E-state index contributed by atoms with van der Waals surface area (Å²) in [4.78, 5) is 4.86. The van der Waals surface area contributed by atoms with Crippen LogP contribution in [0.3, 0.4) is 0 Å². The van der Waals surface area contributed by atoms with Gasteiger partial charge in [-0.15, -0.1) is 0 Å². The molecule has 3 nitrogen and oxygen atoms in total. The van der Waals surface area contributed by atoms with Crippen LogP contribution in [-0.2, 0) is 4.84 Å². The van der Waals surface area contributed by atoms with Crippen molar-refractivity contribution in [3.05, 3.63) is 42.5 Å². The Balaban J connectivity index is 2.24. The van der Waals surface area contributed by atoms with Crippen molar-refractivity contribution in [2.24, 2.45) is 5.16 Å². The van der Waals surface area contributed by atoms with Crippen LogP contribution in [0.4, 0.5) is 0 Å². The van der Waals surface area contributed by atoms with E-state index in [9.17, 15) is 0 Å². The van der Waals surface area contributed by atoms with Gasteiger partial charge in [-0.2, -0.15) is 0 Å². The third-order valence-corrected chi connectivity index (χ3v) is 1.36. The minimum atomic E-state index is 0.411. The summed E-state index contributed by atoms with van der Waals surface area (Å²) in [5.41, 5.74) is 0.918. The van der Waals surface area contributed by atoms with Crippen molar-refractivity contribution in [1.29, 1.82) is 0 Å². The van der Waals surface area contributed by atoms with E-state index < -0.39 is 0 Å². The molecule has 0 N–H and O–H groups in total. The lowest BCUT2D eigenvalue weighted by molar-refractivity contribution is 0.165. The van der Waals surface area contributed by atoms with Gasteiger partial charge in [-0.3, -0.25) is 0 Å². The van der Waals surface area contributed by atoms with Gasteiger partial charge in [-0.1, -0.05) is 29.9 Å². The maximum absolute atomic E-state index is 5.14. The van der Waals surface area contributed by atoms with Crippen LogP contribution in [0.25, 0.3) is 0 Å². The predicted molar refractivity (Wildman–Crippen MR) is 56.3 cm³/mol. The van der Waals surface area contributed by atoms with Crippen LogP contribution in [0.2, 0.25) is 0 Å². The van der Waals surface area contributed by atoms with Gasteiger partial charge in [0, 0.05) is 0 Å². The van der Waals surface area contributed by atoms with Crippen LogP contribution in [0.1, 0.15) is 6.92 Å². The number of ether oxygens (including phenoxy) is 1. The Hall–Kier alpha value is -1.77. The zero-order valence-corrected chi connectivity index (χ0v) is 8.14. The smallest absolute Gasteiger partial charge is 0.218 e. The van der Waals surface area contributed by atoms with Gasteiger partial charge < -0.3 is 9.57 Å². The third kappa shape index (κ3) is 4.30. The van der Waals surface area contributed by atoms with Crippen LogP contribution >= 0.6 is 0 Å². The number of nitrogens with zero attached hydrogens (tertiary/aromatic N) is 1. The van der Waals surface area contributed by atoms with E-state index in [1.807, 2.05) is 37.3 Å². The number of benzene rings is 1. The highest BCUT2D eigenvalue weighted by Crippen LogP contribution is 2.06. The molecule has 1 aromatic carbocycles. The van der Waals surface area contributed by atoms with E-state index in [1.54, 1.807) is 0 Å². The van der Waals surface area contributed by atoms with Crippen molar-refractivity contribution in [3.8, 4) is 5.75 Å². The molecule has 0 saturated heterocycles. The van der Waals surface area contributed by atoms with Gasteiger partial charge in [0.25, 0.3) is 0 Å². The third-order valence-electron chi connectivity index (χ3n) is 1.36. The molecule has 3 heteroatoms. The fourth-order valence-corrected chi connectivity index (χ4v) is 0.759. The lowest BCUT2D eigenvalue weighted by Gasteiger charge is -1.98. The second-order valence-corrected chi connectivity index (χ2v) is 2.87. The van der Waals surface area contributed by atoms with Crippen molar-refractivity contribution in [2.75, 3.05) is 6.61 Å². The zero-order chi connectivity index (χ0) is 10.2. The fraction of sp³-hybridized carbons (Fsp3) is 0.182. The number of oxime groups is 1. The molecule has 0 aromatic heterocycles. The van der Waals surface area contributed by atoms with Crippen molar-refractivity contribution in [2.45, 2.75) is 6.92 Å². The van der Waals surface area contributed by atoms with E-state index in [2.05, 4.69) is 11.7 Å². The summed E-state index contributed by atoms with van der Waals surface area (Å²) in [6, 6.07) is 9.37. The first-order chi connectivity index (χ1) is 6.79. The SMILES string of the molecule is C=C(C)CO/N=C/Oc1ccccc1. The summed E-state index contributed by atoms with van der Waals surface area (Å²) in [7, 11) is 0. The molecule has 0 amide bonds. The van der Waals surface area contributed by atoms with Crippen molar-refractivity contribution < 1.29 is 9.57 Å². The Morgan fingerprint density at radius 1 is 1.43 bits per heavy atom. The molecule has 0 aliphatic carbocycles. The predicted octanol–water partition coefficient (Wildman–Crippen LogP) is 2.60. The quantitative estimate of drug-likeness (QED) is 0.310. The maximum atomic E-state index is 5.14. The van der Waals surface area contributed by atoms with E-state index in [4.69, 9.17) is 9.57 Å². The van der Waals surface area contributed by atoms with Crippen molar-refractivity contribution >= 4 is 6.40 Å². The molecule has 0 spiro atoms. The fourth-order valence-electron chi connectivity index (χ4n) is 0.759. The van der Waals surface area contributed by atoms with E-state index in [0.29, 0.717) is 6.61 Å². The van der Waals surface area contributed by atoms with Crippen LogP contribution in [0.15, 0.2) is 47.6 Å². The first kappa shape index (κ1) is 10.3. The molecule has 74 valence electrons. The van der Waals surface area contributed by atoms with Crippen molar-refractivity contribution in [3.63, 3.8) is 0 Å². The number of rotatable bonds is 5. The van der Waals surface area contributed by atoms with E-state index in [-0.39, 0.29) is 0 Å². The second kappa shape index (κ2) is 5.80. The molecular weight excluding hydrogens is 178 g/mol. The summed E-state index contributed by atoms with van der Waals surface area (Å²) in [6.45, 7) is 5.95. The van der Waals surface area contributed by atoms with Gasteiger partial charge in [0.1, 0.15) is 12.4 Å². The minimum absolute atomic E-state index is 0.411. The Kier molecular flexibility index (Phi) is 4.27. The van der Waals surface area contributed by atoms with Crippen LogP contribution in [0.5, 0.6) is 5.75 Å². The summed E-state index contributed by atoms with van der Waals surface area (Å²) in [5, 5.41) is 3.60. The summed E-state index contributed by atoms with van der Waals surface area (Å²) >= 11 is 0. The Morgan fingerprint density at radius 2 is 2.14 bits per heavy atom. The summed E-state index contributed by atoms with van der Waals surface area (Å²) < 4.78 is 5.14. The van der Waals surface area contributed by atoms with E-state index >= 15 is 0 Å². The Bertz CT molecular complexity index is 306. The van der Waals surface area contributed by atoms with Gasteiger partial charge in [-0.25, -0.2) is 0 Å². The normalized spacial score (nSPS) is 10.1. The molecule has 14 heavy (non-hydrogen) atoms. The lowest BCUT2D eigenvalue weighted by Crippen LogP contribution is -1.93. The molecule has 0 heterocycles. The molecule has 0 unspecified atom stereocenters. The molecule has 1 rings (SSSR count). The topological polar surface area (TPSA) is 30.8 Å². The highest BCUT2D eigenvalue weighted by atomic mass is 16.6. The van der Waals surface area contributed by atoms with Gasteiger partial charge >= 0.3 is 0 Å². The number of para-hydroxylation sites is 1. The average Bonchev–Trinajstić information content (AvgIpc) is 2.18. The maximum Gasteiger partial charge on any atom is 0.218 e. The second-order valence-electron chi connectivity index (χ2n) is 2.87. The average molecular weight is 191 g/mol. The van der Waals surface area contributed by atoms with Gasteiger partial charge in [-0.05, 0) is 24.6 Å². The first-order valence-corrected chi connectivity index (χ1v) is 4.29. The molecule has 0 radical (unpaired) electrons.